The van der Waals surface area contributed by atoms with Gasteiger partial charge in [0.15, 0.2) is 0 Å². The van der Waals surface area contributed by atoms with E-state index in [0.29, 0.717) is 5.56 Å². The minimum absolute atomic E-state index is 0.0728. The van der Waals surface area contributed by atoms with Gasteiger partial charge in [0.05, 0.1) is 18.7 Å². The van der Waals surface area contributed by atoms with E-state index in [1.165, 1.54) is 13.2 Å². The molecule has 0 bridgehead atoms. The first-order valence-electron chi connectivity index (χ1n) is 6.91. The summed E-state index contributed by atoms with van der Waals surface area (Å²) in [5.41, 5.74) is 3.12. The van der Waals surface area contributed by atoms with Crippen molar-refractivity contribution in [3.05, 3.63) is 65.0 Å². The third-order valence-electron chi connectivity index (χ3n) is 3.84. The molecule has 1 N–H and O–H groups in total. The fraction of sp³-hybridized carbons (Fsp3) is 0.235. The molecule has 0 aliphatic heterocycles. The average molecular weight is 285 g/mol. The molecule has 1 atom stereocenters. The molecule has 0 heterocycles. The molecule has 0 radical (unpaired) electrons. The molecule has 0 spiro atoms. The summed E-state index contributed by atoms with van der Waals surface area (Å²) >= 11 is 0. The molecular weight excluding hydrogens is 269 g/mol. The van der Waals surface area contributed by atoms with Crippen molar-refractivity contribution in [1.29, 1.82) is 0 Å². The maximum Gasteiger partial charge on any atom is 0.337 e. The summed E-state index contributed by atoms with van der Waals surface area (Å²) < 4.78 is 18.4. The molecule has 21 heavy (non-hydrogen) atoms. The quantitative estimate of drug-likeness (QED) is 0.874. The van der Waals surface area contributed by atoms with Crippen LogP contribution in [0.1, 0.15) is 33.9 Å². The van der Waals surface area contributed by atoms with Crippen molar-refractivity contribution in [3.63, 3.8) is 0 Å². The lowest BCUT2D eigenvalue weighted by atomic mass is 10.1. The Morgan fingerprint density at radius 2 is 2.10 bits per heavy atom. The highest BCUT2D eigenvalue weighted by Gasteiger charge is 2.24. The van der Waals surface area contributed by atoms with Crippen LogP contribution in [-0.2, 0) is 11.2 Å². The first-order chi connectivity index (χ1) is 10.2. The zero-order valence-corrected chi connectivity index (χ0v) is 11.7. The predicted molar refractivity (Wildman–Crippen MR) is 78.9 cm³/mol. The van der Waals surface area contributed by atoms with Gasteiger partial charge in [0.2, 0.25) is 0 Å². The van der Waals surface area contributed by atoms with E-state index in [9.17, 15) is 9.18 Å². The van der Waals surface area contributed by atoms with Crippen molar-refractivity contribution >= 4 is 11.7 Å². The van der Waals surface area contributed by atoms with Crippen molar-refractivity contribution in [1.82, 2.24) is 0 Å². The summed E-state index contributed by atoms with van der Waals surface area (Å²) in [7, 11) is 1.36. The molecule has 0 amide bonds. The summed E-state index contributed by atoms with van der Waals surface area (Å²) in [4.78, 5) is 11.5. The van der Waals surface area contributed by atoms with E-state index in [1.807, 2.05) is 12.1 Å². The van der Waals surface area contributed by atoms with Gasteiger partial charge >= 0.3 is 5.97 Å². The van der Waals surface area contributed by atoms with E-state index in [-0.39, 0.29) is 17.8 Å². The molecule has 2 aromatic carbocycles. The van der Waals surface area contributed by atoms with Gasteiger partial charge in [-0.3, -0.25) is 0 Å². The number of nitrogens with one attached hydrogen (secondary N) is 1. The van der Waals surface area contributed by atoms with Crippen molar-refractivity contribution in [3.8, 4) is 0 Å². The van der Waals surface area contributed by atoms with Gasteiger partial charge in [-0.15, -0.1) is 0 Å². The molecule has 1 unspecified atom stereocenters. The van der Waals surface area contributed by atoms with Gasteiger partial charge in [0, 0.05) is 5.69 Å². The van der Waals surface area contributed by atoms with Crippen LogP contribution < -0.4 is 5.32 Å². The number of halogens is 1. The van der Waals surface area contributed by atoms with E-state index in [0.717, 1.165) is 29.7 Å². The third-order valence-corrected chi connectivity index (χ3v) is 3.84. The lowest BCUT2D eigenvalue weighted by Crippen LogP contribution is -2.08. The van der Waals surface area contributed by atoms with Crippen molar-refractivity contribution in [2.75, 3.05) is 12.4 Å². The Labute approximate surface area is 122 Å². The standard InChI is InChI=1S/C17H16FNO2/c1-21-17(20)11-4-2-5-12(10-11)19-16-9-8-13-14(16)6-3-7-15(13)18/h2-7,10,16,19H,8-9H2,1H3. The Morgan fingerprint density at radius 1 is 1.29 bits per heavy atom. The van der Waals surface area contributed by atoms with Crippen molar-refractivity contribution in [2.24, 2.45) is 0 Å². The number of methoxy groups -OCH3 is 1. The second-order valence-corrected chi connectivity index (χ2v) is 5.12. The molecule has 1 aliphatic carbocycles. The van der Waals surface area contributed by atoms with Crippen LogP contribution in [0, 0.1) is 5.82 Å². The third kappa shape index (κ3) is 2.61. The van der Waals surface area contributed by atoms with E-state index < -0.39 is 0 Å². The number of esters is 1. The summed E-state index contributed by atoms with van der Waals surface area (Å²) in [5, 5.41) is 3.37. The molecule has 4 heteroatoms. The molecule has 0 saturated heterocycles. The van der Waals surface area contributed by atoms with Crippen LogP contribution in [0.25, 0.3) is 0 Å². The fourth-order valence-electron chi connectivity index (χ4n) is 2.81. The Balaban J connectivity index is 1.83. The van der Waals surface area contributed by atoms with E-state index in [2.05, 4.69) is 5.32 Å². The monoisotopic (exact) mass is 285 g/mol. The number of anilines is 1. The zero-order chi connectivity index (χ0) is 14.8. The number of carbonyl (C=O) groups excluding carboxylic acids is 1. The number of benzene rings is 2. The molecule has 3 nitrogen and oxygen atoms in total. The van der Waals surface area contributed by atoms with Gasteiger partial charge in [-0.05, 0) is 48.2 Å². The summed E-state index contributed by atoms with van der Waals surface area (Å²) in [5.74, 6) is -0.503. The minimum Gasteiger partial charge on any atom is -0.465 e. The molecule has 2 aromatic rings. The number of carbonyl (C=O) groups is 1. The van der Waals surface area contributed by atoms with Crippen LogP contribution in [-0.4, -0.2) is 13.1 Å². The summed E-state index contributed by atoms with van der Waals surface area (Å²) in [6.45, 7) is 0. The van der Waals surface area contributed by atoms with Crippen LogP contribution in [0.15, 0.2) is 42.5 Å². The van der Waals surface area contributed by atoms with E-state index in [1.54, 1.807) is 24.3 Å². The molecular formula is C17H16FNO2. The number of fused-ring (bicyclic) bond motifs is 1. The zero-order valence-electron chi connectivity index (χ0n) is 11.7. The Kier molecular flexibility index (Phi) is 3.60. The number of ether oxygens (including phenoxy) is 1. The molecule has 0 saturated carbocycles. The minimum atomic E-state index is -0.364. The van der Waals surface area contributed by atoms with Gasteiger partial charge in [-0.25, -0.2) is 9.18 Å². The van der Waals surface area contributed by atoms with Crippen LogP contribution in [0.3, 0.4) is 0 Å². The first-order valence-corrected chi connectivity index (χ1v) is 6.91. The van der Waals surface area contributed by atoms with Crippen LogP contribution in [0.5, 0.6) is 0 Å². The molecule has 1 aliphatic rings. The van der Waals surface area contributed by atoms with Gasteiger partial charge in [-0.2, -0.15) is 0 Å². The van der Waals surface area contributed by atoms with Gasteiger partial charge in [0.25, 0.3) is 0 Å². The topological polar surface area (TPSA) is 38.3 Å². The highest BCUT2D eigenvalue weighted by molar-refractivity contribution is 5.90. The smallest absolute Gasteiger partial charge is 0.337 e. The van der Waals surface area contributed by atoms with Gasteiger partial charge < -0.3 is 10.1 Å². The number of hydrogen-bond donors (Lipinski definition) is 1. The molecule has 3 rings (SSSR count). The predicted octanol–water partition coefficient (Wildman–Crippen LogP) is 3.71. The molecule has 108 valence electrons. The molecule has 0 fully saturated rings. The maximum atomic E-state index is 13.7. The maximum absolute atomic E-state index is 13.7. The fourth-order valence-corrected chi connectivity index (χ4v) is 2.81. The van der Waals surface area contributed by atoms with E-state index >= 15 is 0 Å². The lowest BCUT2D eigenvalue weighted by Gasteiger charge is -2.16. The number of rotatable bonds is 3. The van der Waals surface area contributed by atoms with Crippen molar-refractivity contribution in [2.45, 2.75) is 18.9 Å². The largest absolute Gasteiger partial charge is 0.465 e. The van der Waals surface area contributed by atoms with Crippen LogP contribution >= 0.6 is 0 Å². The molecule has 0 aromatic heterocycles. The van der Waals surface area contributed by atoms with E-state index in [4.69, 9.17) is 4.74 Å². The van der Waals surface area contributed by atoms with Gasteiger partial charge in [0.1, 0.15) is 5.82 Å². The Hall–Kier alpha value is -2.36. The lowest BCUT2D eigenvalue weighted by molar-refractivity contribution is 0.0601. The van der Waals surface area contributed by atoms with Crippen LogP contribution in [0.2, 0.25) is 0 Å². The average Bonchev–Trinajstić information content (AvgIpc) is 2.91. The SMILES string of the molecule is COC(=O)c1cccc(NC2CCc3c(F)cccc32)c1. The Bertz CT molecular complexity index is 684. The highest BCUT2D eigenvalue weighted by Crippen LogP contribution is 2.35. The normalized spacial score (nSPS) is 16.4. The summed E-state index contributed by atoms with van der Waals surface area (Å²) in [6, 6.07) is 12.4. The first kappa shape index (κ1) is 13.6. The van der Waals surface area contributed by atoms with Gasteiger partial charge in [-0.1, -0.05) is 18.2 Å². The Morgan fingerprint density at radius 3 is 2.90 bits per heavy atom. The van der Waals surface area contributed by atoms with Crippen LogP contribution in [0.4, 0.5) is 10.1 Å². The van der Waals surface area contributed by atoms with Crippen molar-refractivity contribution < 1.29 is 13.9 Å². The second-order valence-electron chi connectivity index (χ2n) is 5.12. The summed E-state index contributed by atoms with van der Waals surface area (Å²) in [6.07, 6.45) is 1.58. The highest BCUT2D eigenvalue weighted by atomic mass is 19.1. The second kappa shape index (κ2) is 5.56. The number of hydrogen-bond acceptors (Lipinski definition) is 3.